The number of rotatable bonds is 2. The van der Waals surface area contributed by atoms with Crippen LogP contribution in [0.1, 0.15) is 0 Å². The molecule has 3 aromatic heterocycles. The normalized spacial score (nSPS) is 11.2. The van der Waals surface area contributed by atoms with Crippen LogP contribution in [0.5, 0.6) is 0 Å². The number of aromatic amines is 1. The van der Waals surface area contributed by atoms with Gasteiger partial charge in [-0.2, -0.15) is 0 Å². The molecule has 0 aliphatic heterocycles. The van der Waals surface area contributed by atoms with Crippen LogP contribution in [-0.2, 0) is 0 Å². The zero-order chi connectivity index (χ0) is 15.1. The quantitative estimate of drug-likeness (QED) is 0.613. The highest BCUT2D eigenvalue weighted by Gasteiger charge is 2.16. The van der Waals surface area contributed by atoms with E-state index in [-0.39, 0.29) is 5.69 Å². The minimum atomic E-state index is -0.903. The fourth-order valence-corrected chi connectivity index (χ4v) is 2.53. The minimum absolute atomic E-state index is 0.116. The van der Waals surface area contributed by atoms with Crippen molar-refractivity contribution >= 4 is 11.0 Å². The van der Waals surface area contributed by atoms with E-state index in [1.807, 2.05) is 12.1 Å². The molecule has 4 nitrogen and oxygen atoms in total. The van der Waals surface area contributed by atoms with E-state index in [2.05, 4.69) is 15.0 Å². The Morgan fingerprint density at radius 3 is 2.91 bits per heavy atom. The molecule has 22 heavy (non-hydrogen) atoms. The maximum Gasteiger partial charge on any atom is 0.182 e. The number of halogens is 2. The van der Waals surface area contributed by atoms with Crippen LogP contribution in [0.2, 0.25) is 0 Å². The number of hydrogen-bond donors (Lipinski definition) is 1. The Labute approximate surface area is 124 Å². The molecule has 1 N–H and O–H groups in total. The number of pyridine rings is 1. The van der Waals surface area contributed by atoms with Crippen molar-refractivity contribution < 1.29 is 8.78 Å². The summed E-state index contributed by atoms with van der Waals surface area (Å²) in [5.74, 6) is -1.79. The van der Waals surface area contributed by atoms with Gasteiger partial charge in [0, 0.05) is 23.3 Å². The lowest BCUT2D eigenvalue weighted by molar-refractivity contribution is 0.504. The second-order valence-electron chi connectivity index (χ2n) is 4.82. The fraction of sp³-hybridized carbons (Fsp3) is 0. The zero-order valence-corrected chi connectivity index (χ0v) is 11.3. The van der Waals surface area contributed by atoms with Gasteiger partial charge in [0.1, 0.15) is 5.65 Å². The molecule has 0 bridgehead atoms. The summed E-state index contributed by atoms with van der Waals surface area (Å²) in [5.41, 5.74) is 2.32. The molecule has 108 valence electrons. The van der Waals surface area contributed by atoms with Gasteiger partial charge < -0.3 is 4.98 Å². The molecule has 0 saturated heterocycles. The molecular formula is C16H10F2N4. The highest BCUT2D eigenvalue weighted by atomic mass is 19.2. The highest BCUT2D eigenvalue weighted by Crippen LogP contribution is 2.30. The van der Waals surface area contributed by atoms with Crippen LogP contribution in [0.25, 0.3) is 28.0 Å². The van der Waals surface area contributed by atoms with Gasteiger partial charge in [-0.15, -0.1) is 0 Å². The molecule has 0 aliphatic carbocycles. The van der Waals surface area contributed by atoms with E-state index in [4.69, 9.17) is 0 Å². The van der Waals surface area contributed by atoms with E-state index in [1.54, 1.807) is 18.6 Å². The second kappa shape index (κ2) is 4.77. The highest BCUT2D eigenvalue weighted by molar-refractivity contribution is 5.92. The Balaban J connectivity index is 1.96. The predicted molar refractivity (Wildman–Crippen MR) is 78.6 cm³/mol. The lowest BCUT2D eigenvalue weighted by Gasteiger charge is -2.09. The van der Waals surface area contributed by atoms with Gasteiger partial charge >= 0.3 is 0 Å². The van der Waals surface area contributed by atoms with Crippen LogP contribution in [0.15, 0.2) is 55.2 Å². The summed E-state index contributed by atoms with van der Waals surface area (Å²) in [6, 6.07) is 7.80. The minimum Gasteiger partial charge on any atom is -0.345 e. The lowest BCUT2D eigenvalue weighted by Crippen LogP contribution is -2.00. The number of hydrogen-bond acceptors (Lipinski definition) is 2. The third-order valence-corrected chi connectivity index (χ3v) is 3.56. The fourth-order valence-electron chi connectivity index (χ4n) is 2.53. The molecule has 4 aromatic rings. The average Bonchev–Trinajstić information content (AvgIpc) is 3.16. The van der Waals surface area contributed by atoms with Gasteiger partial charge in [-0.3, -0.25) is 4.57 Å². The predicted octanol–water partition coefficient (Wildman–Crippen LogP) is 3.69. The van der Waals surface area contributed by atoms with E-state index >= 15 is 0 Å². The summed E-state index contributed by atoms with van der Waals surface area (Å²) in [5, 5.41) is 0.890. The third kappa shape index (κ3) is 1.81. The zero-order valence-electron chi connectivity index (χ0n) is 11.3. The van der Waals surface area contributed by atoms with Gasteiger partial charge in [-0.1, -0.05) is 6.07 Å². The van der Waals surface area contributed by atoms with Gasteiger partial charge in [0.2, 0.25) is 0 Å². The van der Waals surface area contributed by atoms with Crippen molar-refractivity contribution in [3.8, 4) is 16.9 Å². The van der Waals surface area contributed by atoms with Gasteiger partial charge in [0.15, 0.2) is 11.6 Å². The Morgan fingerprint density at radius 1 is 1.09 bits per heavy atom. The van der Waals surface area contributed by atoms with Crippen LogP contribution >= 0.6 is 0 Å². The van der Waals surface area contributed by atoms with Crippen LogP contribution in [0.4, 0.5) is 8.78 Å². The molecule has 0 unspecified atom stereocenters. The monoisotopic (exact) mass is 296 g/mol. The molecule has 0 radical (unpaired) electrons. The van der Waals surface area contributed by atoms with Crippen molar-refractivity contribution in [3.63, 3.8) is 0 Å². The first-order chi connectivity index (χ1) is 10.8. The van der Waals surface area contributed by atoms with Gasteiger partial charge in [0.05, 0.1) is 23.9 Å². The molecule has 6 heteroatoms. The maximum absolute atomic E-state index is 14.1. The van der Waals surface area contributed by atoms with Crippen LogP contribution in [-0.4, -0.2) is 19.5 Å². The summed E-state index contributed by atoms with van der Waals surface area (Å²) >= 11 is 0. The number of aromatic nitrogens is 4. The second-order valence-corrected chi connectivity index (χ2v) is 4.82. The van der Waals surface area contributed by atoms with Gasteiger partial charge in [-0.25, -0.2) is 18.7 Å². The van der Waals surface area contributed by atoms with E-state index in [1.165, 1.54) is 23.0 Å². The van der Waals surface area contributed by atoms with Crippen LogP contribution < -0.4 is 0 Å². The van der Waals surface area contributed by atoms with Crippen LogP contribution in [0, 0.1) is 11.6 Å². The summed E-state index contributed by atoms with van der Waals surface area (Å²) in [7, 11) is 0. The number of fused-ring (bicyclic) bond motifs is 1. The molecule has 0 fully saturated rings. The first kappa shape index (κ1) is 12.7. The number of H-pyrrole nitrogens is 1. The Morgan fingerprint density at radius 2 is 2.00 bits per heavy atom. The van der Waals surface area contributed by atoms with E-state index < -0.39 is 11.6 Å². The van der Waals surface area contributed by atoms with Crippen molar-refractivity contribution in [3.05, 3.63) is 66.9 Å². The standard InChI is InChI=1S/C16H10F2N4/c17-12-4-1-5-13(15(12)18)22-9-19-8-14(22)11-7-21-16-10(11)3-2-6-20-16/h1-9H,(H,20,21). The first-order valence-electron chi connectivity index (χ1n) is 6.65. The van der Waals surface area contributed by atoms with Crippen molar-refractivity contribution in [2.75, 3.05) is 0 Å². The smallest absolute Gasteiger partial charge is 0.182 e. The lowest BCUT2D eigenvalue weighted by atomic mass is 10.1. The topological polar surface area (TPSA) is 46.5 Å². The molecular weight excluding hydrogens is 286 g/mol. The molecule has 0 saturated carbocycles. The van der Waals surface area contributed by atoms with Crippen molar-refractivity contribution in [1.82, 2.24) is 19.5 Å². The molecule has 0 spiro atoms. The summed E-state index contributed by atoms with van der Waals surface area (Å²) < 4.78 is 29.1. The van der Waals surface area contributed by atoms with Crippen molar-refractivity contribution in [2.24, 2.45) is 0 Å². The maximum atomic E-state index is 14.1. The van der Waals surface area contributed by atoms with Crippen molar-refractivity contribution in [2.45, 2.75) is 0 Å². The number of nitrogens with one attached hydrogen (secondary N) is 1. The van der Waals surface area contributed by atoms with Gasteiger partial charge in [0.25, 0.3) is 0 Å². The molecule has 0 aliphatic rings. The molecule has 3 heterocycles. The number of nitrogens with zero attached hydrogens (tertiary/aromatic N) is 3. The average molecular weight is 296 g/mol. The molecule has 4 rings (SSSR count). The number of imidazole rings is 1. The molecule has 0 atom stereocenters. The van der Waals surface area contributed by atoms with Gasteiger partial charge in [-0.05, 0) is 24.3 Å². The summed E-state index contributed by atoms with van der Waals surface area (Å²) in [6.45, 7) is 0. The third-order valence-electron chi connectivity index (χ3n) is 3.56. The number of benzene rings is 1. The summed E-state index contributed by atoms with van der Waals surface area (Å²) in [6.07, 6.45) is 6.54. The van der Waals surface area contributed by atoms with E-state index in [0.29, 0.717) is 5.69 Å². The Kier molecular flexibility index (Phi) is 2.75. The summed E-state index contributed by atoms with van der Waals surface area (Å²) in [4.78, 5) is 11.4. The first-order valence-corrected chi connectivity index (χ1v) is 6.65. The van der Waals surface area contributed by atoms with Crippen LogP contribution in [0.3, 0.4) is 0 Å². The van der Waals surface area contributed by atoms with E-state index in [9.17, 15) is 8.78 Å². The SMILES string of the molecule is Fc1cccc(-n2cncc2-c2c[nH]c3ncccc23)c1F. The Hall–Kier alpha value is -3.02. The van der Waals surface area contributed by atoms with Crippen molar-refractivity contribution in [1.29, 1.82) is 0 Å². The molecule has 1 aromatic carbocycles. The largest absolute Gasteiger partial charge is 0.345 e. The molecule has 0 amide bonds. The van der Waals surface area contributed by atoms with E-state index in [0.717, 1.165) is 22.7 Å². The Bertz CT molecular complexity index is 971.